The van der Waals surface area contributed by atoms with E-state index < -0.39 is 16.0 Å². The van der Waals surface area contributed by atoms with Crippen LogP contribution in [0.4, 0.5) is 17.1 Å². The monoisotopic (exact) mass is 548 g/mol. The van der Waals surface area contributed by atoms with Gasteiger partial charge in [0, 0.05) is 23.8 Å². The summed E-state index contributed by atoms with van der Waals surface area (Å²) in [5, 5.41) is 6.22. The highest BCUT2D eigenvalue weighted by Crippen LogP contribution is 2.38. The van der Waals surface area contributed by atoms with Crippen LogP contribution in [0.3, 0.4) is 0 Å². The summed E-state index contributed by atoms with van der Waals surface area (Å²) in [6, 6.07) is 21.2. The molecule has 39 heavy (non-hydrogen) atoms. The minimum atomic E-state index is -3.50. The molecule has 0 saturated carbocycles. The van der Waals surface area contributed by atoms with Gasteiger partial charge in [-0.05, 0) is 62.2 Å². The van der Waals surface area contributed by atoms with Crippen molar-refractivity contribution in [1.82, 2.24) is 0 Å². The van der Waals surface area contributed by atoms with E-state index in [2.05, 4.69) is 10.6 Å². The smallest absolute Gasteiger partial charge is 0.338 e. The Hall–Kier alpha value is -4.15. The SMILES string of the molecule is CCOC(=O)c1ccc2c(c1)NC(=O)C2=C(Nc1ccc(N(CCC(C)N)S(C)(=O)=O)cc1)c1ccccc1. The number of anilines is 3. The van der Waals surface area contributed by atoms with Gasteiger partial charge >= 0.3 is 5.97 Å². The number of nitrogens with two attached hydrogens (primary N) is 1. The molecule has 0 bridgehead atoms. The summed E-state index contributed by atoms with van der Waals surface area (Å²) in [5.41, 5.74) is 10.3. The molecule has 1 aliphatic rings. The van der Waals surface area contributed by atoms with Gasteiger partial charge in [0.15, 0.2) is 0 Å². The molecular formula is C29H32N4O5S. The second-order valence-corrected chi connectivity index (χ2v) is 11.2. The van der Waals surface area contributed by atoms with E-state index in [1.807, 2.05) is 37.3 Å². The minimum absolute atomic E-state index is 0.135. The quantitative estimate of drug-likeness (QED) is 0.254. The zero-order chi connectivity index (χ0) is 28.2. The molecule has 0 radical (unpaired) electrons. The third-order valence-electron chi connectivity index (χ3n) is 6.20. The molecule has 0 fully saturated rings. The Balaban J connectivity index is 1.72. The second kappa shape index (κ2) is 11.7. The fourth-order valence-corrected chi connectivity index (χ4v) is 5.25. The highest BCUT2D eigenvalue weighted by atomic mass is 32.2. The van der Waals surface area contributed by atoms with Crippen LogP contribution in [0.25, 0.3) is 11.3 Å². The fraction of sp³-hybridized carbons (Fsp3) is 0.241. The van der Waals surface area contributed by atoms with E-state index in [1.165, 1.54) is 10.6 Å². The van der Waals surface area contributed by atoms with Gasteiger partial charge in [-0.2, -0.15) is 0 Å². The molecule has 1 atom stereocenters. The zero-order valence-electron chi connectivity index (χ0n) is 22.1. The summed E-state index contributed by atoms with van der Waals surface area (Å²) < 4.78 is 31.2. The summed E-state index contributed by atoms with van der Waals surface area (Å²) in [6.45, 7) is 4.09. The molecule has 0 spiro atoms. The van der Waals surface area contributed by atoms with Crippen LogP contribution < -0.4 is 20.7 Å². The summed E-state index contributed by atoms with van der Waals surface area (Å²) in [5.74, 6) is -0.773. The number of nitrogens with zero attached hydrogens (tertiary/aromatic N) is 1. The second-order valence-electron chi connectivity index (χ2n) is 9.32. The van der Waals surface area contributed by atoms with Gasteiger partial charge in [0.2, 0.25) is 10.0 Å². The van der Waals surface area contributed by atoms with Crippen LogP contribution >= 0.6 is 0 Å². The van der Waals surface area contributed by atoms with Crippen molar-refractivity contribution < 1.29 is 22.7 Å². The summed E-state index contributed by atoms with van der Waals surface area (Å²) in [6.07, 6.45) is 1.69. The molecule has 3 aromatic carbocycles. The number of rotatable bonds is 10. The molecule has 0 aromatic heterocycles. The topological polar surface area (TPSA) is 131 Å². The normalized spacial score (nSPS) is 14.7. The van der Waals surface area contributed by atoms with Gasteiger partial charge in [-0.1, -0.05) is 36.4 Å². The Bertz CT molecular complexity index is 1500. The fourth-order valence-electron chi connectivity index (χ4n) is 4.31. The van der Waals surface area contributed by atoms with Gasteiger partial charge in [0.25, 0.3) is 5.91 Å². The predicted molar refractivity (Wildman–Crippen MR) is 155 cm³/mol. The molecule has 10 heteroatoms. The lowest BCUT2D eigenvalue weighted by molar-refractivity contribution is -0.110. The van der Waals surface area contributed by atoms with Crippen molar-refractivity contribution in [3.63, 3.8) is 0 Å². The molecule has 1 unspecified atom stereocenters. The number of benzene rings is 3. The average Bonchev–Trinajstić information content (AvgIpc) is 3.22. The van der Waals surface area contributed by atoms with Gasteiger partial charge in [-0.25, -0.2) is 13.2 Å². The van der Waals surface area contributed by atoms with E-state index in [1.54, 1.807) is 49.4 Å². The first-order valence-corrected chi connectivity index (χ1v) is 14.5. The van der Waals surface area contributed by atoms with E-state index >= 15 is 0 Å². The Morgan fingerprint density at radius 2 is 1.74 bits per heavy atom. The first kappa shape index (κ1) is 27.9. The number of fused-ring (bicyclic) bond motifs is 1. The first-order chi connectivity index (χ1) is 18.6. The van der Waals surface area contributed by atoms with Gasteiger partial charge in [-0.3, -0.25) is 9.10 Å². The molecule has 1 heterocycles. The lowest BCUT2D eigenvalue weighted by Crippen LogP contribution is -2.33. The number of hydrogen-bond donors (Lipinski definition) is 3. The van der Waals surface area contributed by atoms with Crippen LogP contribution in [0.1, 0.15) is 41.8 Å². The third-order valence-corrected chi connectivity index (χ3v) is 7.39. The molecule has 0 saturated heterocycles. The molecule has 1 aliphatic heterocycles. The molecule has 0 aliphatic carbocycles. The third kappa shape index (κ3) is 6.47. The standard InChI is InChI=1S/C29H32N4O5S/c1-4-38-29(35)21-10-15-24-25(18-21)32-28(34)26(24)27(20-8-6-5-7-9-20)31-22-11-13-23(14-12-22)33(39(3,36)37)17-16-19(2)30/h5-15,18-19,31H,4,16-17,30H2,1-3H3,(H,32,34). The van der Waals surface area contributed by atoms with E-state index in [-0.39, 0.29) is 25.1 Å². The largest absolute Gasteiger partial charge is 0.462 e. The molecule has 3 aromatic rings. The maximum absolute atomic E-state index is 13.2. The van der Waals surface area contributed by atoms with Gasteiger partial charge in [-0.15, -0.1) is 0 Å². The molecule has 4 N–H and O–H groups in total. The van der Waals surface area contributed by atoms with Gasteiger partial charge in [0.05, 0.1) is 41.1 Å². The van der Waals surface area contributed by atoms with E-state index in [4.69, 9.17) is 10.5 Å². The lowest BCUT2D eigenvalue weighted by Gasteiger charge is -2.23. The zero-order valence-corrected chi connectivity index (χ0v) is 22.9. The van der Waals surface area contributed by atoms with Crippen molar-refractivity contribution in [1.29, 1.82) is 0 Å². The number of hydrogen-bond acceptors (Lipinski definition) is 7. The molecule has 4 rings (SSSR count). The Morgan fingerprint density at radius 3 is 2.36 bits per heavy atom. The van der Waals surface area contributed by atoms with E-state index in [0.717, 1.165) is 5.56 Å². The molecule has 1 amide bonds. The first-order valence-electron chi connectivity index (χ1n) is 12.6. The van der Waals surface area contributed by atoms with Crippen molar-refractivity contribution in [3.8, 4) is 0 Å². The van der Waals surface area contributed by atoms with Crippen molar-refractivity contribution >= 4 is 50.2 Å². The van der Waals surface area contributed by atoms with E-state index in [0.29, 0.717) is 45.9 Å². The summed E-state index contributed by atoms with van der Waals surface area (Å²) >= 11 is 0. The molecule has 204 valence electrons. The lowest BCUT2D eigenvalue weighted by atomic mass is 9.99. The van der Waals surface area contributed by atoms with Crippen LogP contribution in [-0.2, 0) is 19.6 Å². The Morgan fingerprint density at radius 1 is 1.05 bits per heavy atom. The van der Waals surface area contributed by atoms with Crippen LogP contribution in [0.15, 0.2) is 72.8 Å². The van der Waals surface area contributed by atoms with Crippen LogP contribution in [0.5, 0.6) is 0 Å². The number of nitrogens with one attached hydrogen (secondary N) is 2. The van der Waals surface area contributed by atoms with Crippen molar-refractivity contribution in [2.45, 2.75) is 26.3 Å². The van der Waals surface area contributed by atoms with Gasteiger partial charge in [0.1, 0.15) is 0 Å². The average molecular weight is 549 g/mol. The minimum Gasteiger partial charge on any atom is -0.462 e. The number of amides is 1. The van der Waals surface area contributed by atoms with Gasteiger partial charge < -0.3 is 21.1 Å². The number of carbonyl (C=O) groups is 2. The van der Waals surface area contributed by atoms with Crippen LogP contribution in [0.2, 0.25) is 0 Å². The van der Waals surface area contributed by atoms with Crippen LogP contribution in [-0.4, -0.2) is 45.7 Å². The summed E-state index contributed by atoms with van der Waals surface area (Å²) in [4.78, 5) is 25.4. The summed E-state index contributed by atoms with van der Waals surface area (Å²) in [7, 11) is -3.50. The molecular weight excluding hydrogens is 516 g/mol. The Labute approximate surface area is 228 Å². The number of ether oxygens (including phenoxy) is 1. The highest BCUT2D eigenvalue weighted by Gasteiger charge is 2.29. The predicted octanol–water partition coefficient (Wildman–Crippen LogP) is 4.30. The molecule has 9 nitrogen and oxygen atoms in total. The van der Waals surface area contributed by atoms with Crippen LogP contribution in [0, 0.1) is 0 Å². The van der Waals surface area contributed by atoms with Crippen molar-refractivity contribution in [2.24, 2.45) is 5.73 Å². The maximum Gasteiger partial charge on any atom is 0.338 e. The number of carbonyl (C=O) groups excluding carboxylic acids is 2. The van der Waals surface area contributed by atoms with Crippen molar-refractivity contribution in [3.05, 3.63) is 89.5 Å². The highest BCUT2D eigenvalue weighted by molar-refractivity contribution is 7.92. The van der Waals surface area contributed by atoms with E-state index in [9.17, 15) is 18.0 Å². The Kier molecular flexibility index (Phi) is 8.37. The number of esters is 1. The maximum atomic E-state index is 13.2. The number of sulfonamides is 1. The van der Waals surface area contributed by atoms with Crippen molar-refractivity contribution in [2.75, 3.05) is 34.3 Å².